The van der Waals surface area contributed by atoms with Gasteiger partial charge in [-0.3, -0.25) is 9.78 Å². The lowest BCUT2D eigenvalue weighted by molar-refractivity contribution is 1.18. The molecule has 4 heteroatoms. The lowest BCUT2D eigenvalue weighted by atomic mass is 10.1. The second-order valence-corrected chi connectivity index (χ2v) is 1.30. The predicted molar refractivity (Wildman–Crippen MR) is 30.2 cm³/mol. The fourth-order valence-corrected chi connectivity index (χ4v) is 0.363. The van der Waals surface area contributed by atoms with Crippen LogP contribution in [0.15, 0.2) is 17.2 Å². The van der Waals surface area contributed by atoms with Crippen LogP contribution in [-0.4, -0.2) is 17.8 Å². The van der Waals surface area contributed by atoms with E-state index in [2.05, 4.69) is 9.97 Å². The standard InChI is InChI=1S/C4H3BN2O/c5-3-4(8)7-2-1-6-3/h1-2H,(H,7,8). The Bertz CT molecular complexity index is 231. The summed E-state index contributed by atoms with van der Waals surface area (Å²) in [6.07, 6.45) is 2.86. The minimum Gasteiger partial charge on any atom is -0.327 e. The normalized spacial score (nSPS) is 9.00. The maximum atomic E-state index is 10.4. The highest BCUT2D eigenvalue weighted by Crippen LogP contribution is 1.55. The van der Waals surface area contributed by atoms with Crippen molar-refractivity contribution >= 4 is 13.4 Å². The van der Waals surface area contributed by atoms with Gasteiger partial charge in [0.1, 0.15) is 7.85 Å². The van der Waals surface area contributed by atoms with Crippen LogP contribution in [0, 0.1) is 0 Å². The highest BCUT2D eigenvalue weighted by atomic mass is 16.1. The molecule has 1 rings (SSSR count). The molecule has 3 nitrogen and oxygen atoms in total. The van der Waals surface area contributed by atoms with E-state index < -0.39 is 0 Å². The Morgan fingerprint density at radius 1 is 1.75 bits per heavy atom. The smallest absolute Gasteiger partial charge is 0.258 e. The Kier molecular flexibility index (Phi) is 1.16. The summed E-state index contributed by atoms with van der Waals surface area (Å²) in [4.78, 5) is 16.2. The van der Waals surface area contributed by atoms with Crippen LogP contribution < -0.4 is 11.2 Å². The van der Waals surface area contributed by atoms with Crippen LogP contribution in [0.1, 0.15) is 0 Å². The molecule has 8 heavy (non-hydrogen) atoms. The summed E-state index contributed by atoms with van der Waals surface area (Å²) in [5.41, 5.74) is -0.333. The van der Waals surface area contributed by atoms with E-state index in [1.165, 1.54) is 12.4 Å². The molecule has 38 valence electrons. The molecule has 0 aliphatic rings. The Hall–Kier alpha value is -1.06. The number of aromatic amines is 1. The molecule has 1 N–H and O–H groups in total. The Balaban J connectivity index is 3.35. The van der Waals surface area contributed by atoms with E-state index >= 15 is 0 Å². The molecule has 1 heterocycles. The van der Waals surface area contributed by atoms with Crippen molar-refractivity contribution in [3.8, 4) is 0 Å². The molecule has 2 radical (unpaired) electrons. The summed E-state index contributed by atoms with van der Waals surface area (Å²) in [5.74, 6) is 0. The van der Waals surface area contributed by atoms with Crippen LogP contribution in [0.25, 0.3) is 0 Å². The second kappa shape index (κ2) is 1.82. The molecule has 0 saturated carbocycles. The van der Waals surface area contributed by atoms with Crippen LogP contribution in [0.5, 0.6) is 0 Å². The molecular weight excluding hydrogens is 103 g/mol. The van der Waals surface area contributed by atoms with E-state index in [4.69, 9.17) is 7.85 Å². The van der Waals surface area contributed by atoms with Gasteiger partial charge in [0.15, 0.2) is 0 Å². The van der Waals surface area contributed by atoms with Gasteiger partial charge >= 0.3 is 0 Å². The number of hydrogen-bond donors (Lipinski definition) is 1. The molecule has 1 aromatic rings. The zero-order valence-corrected chi connectivity index (χ0v) is 4.09. The summed E-state index contributed by atoms with van der Waals surface area (Å²) >= 11 is 0. The number of nitrogens with one attached hydrogen (secondary N) is 1. The van der Waals surface area contributed by atoms with Gasteiger partial charge in [0, 0.05) is 12.4 Å². The van der Waals surface area contributed by atoms with E-state index in [0.717, 1.165) is 0 Å². The molecule has 0 atom stereocenters. The van der Waals surface area contributed by atoms with Crippen LogP contribution in [0.4, 0.5) is 0 Å². The molecule has 0 aromatic carbocycles. The van der Waals surface area contributed by atoms with Gasteiger partial charge in [-0.05, 0) is 0 Å². The summed E-state index contributed by atoms with van der Waals surface area (Å²) in [5, 5.41) is 0. The predicted octanol–water partition coefficient (Wildman–Crippen LogP) is -1.44. The average molecular weight is 106 g/mol. The highest BCUT2D eigenvalue weighted by Gasteiger charge is 1.85. The first-order valence-corrected chi connectivity index (χ1v) is 2.10. The van der Waals surface area contributed by atoms with Gasteiger partial charge in [-0.15, -0.1) is 0 Å². The van der Waals surface area contributed by atoms with Crippen molar-refractivity contribution in [2.75, 3.05) is 0 Å². The fourth-order valence-electron chi connectivity index (χ4n) is 0.363. The molecule has 0 fully saturated rings. The third kappa shape index (κ3) is 0.778. The molecular formula is C4H3BN2O. The number of aromatic nitrogens is 2. The van der Waals surface area contributed by atoms with Crippen LogP contribution in [0.2, 0.25) is 0 Å². The van der Waals surface area contributed by atoms with Gasteiger partial charge in [0.05, 0.1) is 5.59 Å². The monoisotopic (exact) mass is 106 g/mol. The summed E-state index contributed by atoms with van der Waals surface area (Å²) in [7, 11) is 5.06. The summed E-state index contributed by atoms with van der Waals surface area (Å²) in [6.45, 7) is 0. The van der Waals surface area contributed by atoms with E-state index in [1.807, 2.05) is 0 Å². The minimum absolute atomic E-state index is 0.00694. The molecule has 0 unspecified atom stereocenters. The van der Waals surface area contributed by atoms with Gasteiger partial charge in [0.25, 0.3) is 5.56 Å². The highest BCUT2D eigenvalue weighted by molar-refractivity contribution is 6.30. The minimum atomic E-state index is -0.340. The second-order valence-electron chi connectivity index (χ2n) is 1.30. The van der Waals surface area contributed by atoms with E-state index in [1.54, 1.807) is 0 Å². The molecule has 0 amide bonds. The van der Waals surface area contributed by atoms with Crippen molar-refractivity contribution in [2.24, 2.45) is 0 Å². The Morgan fingerprint density at radius 3 is 2.88 bits per heavy atom. The number of H-pyrrole nitrogens is 1. The molecule has 0 spiro atoms. The van der Waals surface area contributed by atoms with E-state index in [9.17, 15) is 4.79 Å². The zero-order valence-electron chi connectivity index (χ0n) is 4.09. The van der Waals surface area contributed by atoms with Crippen LogP contribution >= 0.6 is 0 Å². The largest absolute Gasteiger partial charge is 0.327 e. The van der Waals surface area contributed by atoms with Gasteiger partial charge in [0.2, 0.25) is 0 Å². The van der Waals surface area contributed by atoms with Crippen molar-refractivity contribution in [1.29, 1.82) is 0 Å². The van der Waals surface area contributed by atoms with E-state index in [0.29, 0.717) is 0 Å². The molecule has 0 bridgehead atoms. The average Bonchev–Trinajstić information content (AvgIpc) is 1.77. The number of hydrogen-bond acceptors (Lipinski definition) is 2. The van der Waals surface area contributed by atoms with Gasteiger partial charge in [-0.1, -0.05) is 0 Å². The number of rotatable bonds is 0. The fraction of sp³-hybridized carbons (Fsp3) is 0. The Morgan fingerprint density at radius 2 is 2.50 bits per heavy atom. The van der Waals surface area contributed by atoms with Crippen molar-refractivity contribution in [3.05, 3.63) is 22.7 Å². The maximum absolute atomic E-state index is 10.4. The maximum Gasteiger partial charge on any atom is 0.258 e. The van der Waals surface area contributed by atoms with Crippen molar-refractivity contribution < 1.29 is 0 Å². The SMILES string of the molecule is [B]c1ncc[nH]c1=O. The van der Waals surface area contributed by atoms with Crippen molar-refractivity contribution in [2.45, 2.75) is 0 Å². The van der Waals surface area contributed by atoms with Crippen LogP contribution in [-0.2, 0) is 0 Å². The first-order chi connectivity index (χ1) is 3.80. The molecule has 0 aliphatic carbocycles. The van der Waals surface area contributed by atoms with Gasteiger partial charge in [-0.2, -0.15) is 0 Å². The zero-order chi connectivity index (χ0) is 5.98. The summed E-state index contributed by atoms with van der Waals surface area (Å²) in [6, 6.07) is 0. The number of nitrogens with zero attached hydrogens (tertiary/aromatic N) is 1. The van der Waals surface area contributed by atoms with Crippen molar-refractivity contribution in [1.82, 2.24) is 9.97 Å². The topological polar surface area (TPSA) is 45.8 Å². The first-order valence-electron chi connectivity index (χ1n) is 2.10. The Labute approximate surface area is 47.2 Å². The van der Waals surface area contributed by atoms with Gasteiger partial charge in [-0.25, -0.2) is 0 Å². The first kappa shape index (κ1) is 5.09. The van der Waals surface area contributed by atoms with Gasteiger partial charge < -0.3 is 4.98 Å². The molecule has 0 saturated heterocycles. The lowest BCUT2D eigenvalue weighted by Gasteiger charge is -1.83. The molecule has 1 aromatic heterocycles. The molecule has 0 aliphatic heterocycles. The third-order valence-corrected chi connectivity index (χ3v) is 0.735. The lowest BCUT2D eigenvalue weighted by Crippen LogP contribution is -2.29. The van der Waals surface area contributed by atoms with Crippen molar-refractivity contribution in [3.63, 3.8) is 0 Å². The van der Waals surface area contributed by atoms with Crippen LogP contribution in [0.3, 0.4) is 0 Å². The quantitative estimate of drug-likeness (QED) is 0.412. The van der Waals surface area contributed by atoms with E-state index in [-0.39, 0.29) is 11.2 Å². The third-order valence-electron chi connectivity index (χ3n) is 0.735. The summed E-state index contributed by atoms with van der Waals surface area (Å²) < 4.78 is 0.